The van der Waals surface area contributed by atoms with Gasteiger partial charge in [0.15, 0.2) is 0 Å². The Hall–Kier alpha value is -2.40. The van der Waals surface area contributed by atoms with Crippen LogP contribution in [0, 0.1) is 5.82 Å². The molecule has 21 heavy (non-hydrogen) atoms. The second kappa shape index (κ2) is 6.85. The zero-order valence-corrected chi connectivity index (χ0v) is 11.7. The third-order valence-corrected chi connectivity index (χ3v) is 3.11. The number of likely N-dealkylation sites (N-methyl/N-ethyl adjacent to an activating group) is 1. The number of nitrogens with one attached hydrogen (secondary N) is 1. The van der Waals surface area contributed by atoms with Crippen LogP contribution < -0.4 is 10.2 Å². The van der Waals surface area contributed by atoms with Crippen LogP contribution in [0.4, 0.5) is 15.8 Å². The molecule has 2 aromatic carbocycles. The average molecular weight is 288 g/mol. The van der Waals surface area contributed by atoms with Gasteiger partial charge in [0.05, 0.1) is 6.61 Å². The maximum Gasteiger partial charge on any atom is 0.255 e. The van der Waals surface area contributed by atoms with Crippen LogP contribution in [0.2, 0.25) is 0 Å². The normalized spacial score (nSPS) is 10.2. The van der Waals surface area contributed by atoms with Crippen LogP contribution in [0.1, 0.15) is 10.4 Å². The molecule has 0 saturated heterocycles. The Morgan fingerprint density at radius 3 is 2.33 bits per heavy atom. The minimum Gasteiger partial charge on any atom is -0.395 e. The molecule has 0 aromatic heterocycles. The standard InChI is InChI=1S/C16H17FN2O2/c1-19(10-11-20)15-8-6-14(7-9-15)18-16(21)12-2-4-13(17)5-3-12/h2-9,20H,10-11H2,1H3,(H,18,21). The van der Waals surface area contributed by atoms with Gasteiger partial charge < -0.3 is 15.3 Å². The minimum atomic E-state index is -0.372. The summed E-state index contributed by atoms with van der Waals surface area (Å²) in [6, 6.07) is 12.7. The van der Waals surface area contributed by atoms with Crippen LogP contribution in [-0.4, -0.2) is 31.2 Å². The van der Waals surface area contributed by atoms with Crippen molar-refractivity contribution in [3.63, 3.8) is 0 Å². The van der Waals surface area contributed by atoms with Gasteiger partial charge in [0.25, 0.3) is 5.91 Å². The number of carbonyl (C=O) groups is 1. The fourth-order valence-electron chi connectivity index (χ4n) is 1.88. The molecule has 5 heteroatoms. The monoisotopic (exact) mass is 288 g/mol. The highest BCUT2D eigenvalue weighted by atomic mass is 19.1. The van der Waals surface area contributed by atoms with Gasteiger partial charge in [0.1, 0.15) is 5.82 Å². The molecule has 0 aliphatic heterocycles. The zero-order valence-electron chi connectivity index (χ0n) is 11.7. The summed E-state index contributed by atoms with van der Waals surface area (Å²) in [6.45, 7) is 0.626. The van der Waals surface area contributed by atoms with Crippen molar-refractivity contribution in [1.29, 1.82) is 0 Å². The van der Waals surface area contributed by atoms with Crippen molar-refractivity contribution in [3.05, 3.63) is 59.9 Å². The van der Waals surface area contributed by atoms with Crippen LogP contribution in [0.3, 0.4) is 0 Å². The molecule has 0 unspecified atom stereocenters. The first-order valence-corrected chi connectivity index (χ1v) is 6.59. The highest BCUT2D eigenvalue weighted by Crippen LogP contribution is 2.17. The highest BCUT2D eigenvalue weighted by Gasteiger charge is 2.06. The van der Waals surface area contributed by atoms with E-state index in [1.165, 1.54) is 24.3 Å². The van der Waals surface area contributed by atoms with Gasteiger partial charge in [0.2, 0.25) is 0 Å². The van der Waals surface area contributed by atoms with Crippen molar-refractivity contribution < 1.29 is 14.3 Å². The summed E-state index contributed by atoms with van der Waals surface area (Å²) in [4.78, 5) is 13.9. The molecule has 0 heterocycles. The number of carbonyl (C=O) groups excluding carboxylic acids is 1. The Morgan fingerprint density at radius 2 is 1.76 bits per heavy atom. The third kappa shape index (κ3) is 4.03. The molecule has 0 fully saturated rings. The van der Waals surface area contributed by atoms with Gasteiger partial charge in [-0.05, 0) is 48.5 Å². The van der Waals surface area contributed by atoms with Crippen LogP contribution in [0.25, 0.3) is 0 Å². The van der Waals surface area contributed by atoms with E-state index < -0.39 is 0 Å². The number of aliphatic hydroxyl groups is 1. The van der Waals surface area contributed by atoms with Crippen LogP contribution in [0.5, 0.6) is 0 Å². The van der Waals surface area contributed by atoms with Crippen molar-refractivity contribution >= 4 is 17.3 Å². The molecule has 2 N–H and O–H groups in total. The molecule has 0 bridgehead atoms. The first-order chi connectivity index (χ1) is 10.1. The lowest BCUT2D eigenvalue weighted by Gasteiger charge is -2.18. The van der Waals surface area contributed by atoms with Crippen LogP contribution in [0.15, 0.2) is 48.5 Å². The van der Waals surface area contributed by atoms with Gasteiger partial charge in [-0.2, -0.15) is 0 Å². The fraction of sp³-hybridized carbons (Fsp3) is 0.188. The van der Waals surface area contributed by atoms with E-state index in [9.17, 15) is 9.18 Å². The summed E-state index contributed by atoms with van der Waals surface area (Å²) >= 11 is 0. The lowest BCUT2D eigenvalue weighted by atomic mass is 10.2. The molecular formula is C16H17FN2O2. The van der Waals surface area contributed by atoms with Gasteiger partial charge in [-0.3, -0.25) is 4.79 Å². The average Bonchev–Trinajstić information content (AvgIpc) is 2.49. The summed E-state index contributed by atoms with van der Waals surface area (Å²) < 4.78 is 12.8. The van der Waals surface area contributed by atoms with E-state index in [4.69, 9.17) is 5.11 Å². The molecule has 2 aromatic rings. The smallest absolute Gasteiger partial charge is 0.255 e. The number of hydrogen-bond acceptors (Lipinski definition) is 3. The minimum absolute atomic E-state index is 0.0829. The molecule has 0 atom stereocenters. The van der Waals surface area contributed by atoms with Gasteiger partial charge in [-0.1, -0.05) is 0 Å². The molecular weight excluding hydrogens is 271 g/mol. The predicted octanol–water partition coefficient (Wildman–Crippen LogP) is 2.51. The van der Waals surface area contributed by atoms with Gasteiger partial charge in [-0.25, -0.2) is 4.39 Å². The summed E-state index contributed by atoms with van der Waals surface area (Å²) in [5.41, 5.74) is 2.01. The second-order valence-corrected chi connectivity index (χ2v) is 4.65. The molecule has 0 radical (unpaired) electrons. The maximum absolute atomic E-state index is 12.8. The number of halogens is 1. The summed E-state index contributed by atoms with van der Waals surface area (Å²) in [5.74, 6) is -0.658. The molecule has 0 saturated carbocycles. The van der Waals surface area contributed by atoms with Crippen molar-refractivity contribution in [2.45, 2.75) is 0 Å². The van der Waals surface area contributed by atoms with E-state index >= 15 is 0 Å². The molecule has 0 spiro atoms. The number of nitrogens with zero attached hydrogens (tertiary/aromatic N) is 1. The Bertz CT molecular complexity index is 597. The van der Waals surface area contributed by atoms with E-state index in [-0.39, 0.29) is 18.3 Å². The number of aliphatic hydroxyl groups excluding tert-OH is 1. The second-order valence-electron chi connectivity index (χ2n) is 4.65. The van der Waals surface area contributed by atoms with E-state index in [0.717, 1.165) is 5.69 Å². The van der Waals surface area contributed by atoms with Gasteiger partial charge in [-0.15, -0.1) is 0 Å². The quantitative estimate of drug-likeness (QED) is 0.889. The third-order valence-electron chi connectivity index (χ3n) is 3.11. The van der Waals surface area contributed by atoms with E-state index in [0.29, 0.717) is 17.8 Å². The zero-order chi connectivity index (χ0) is 15.2. The molecule has 110 valence electrons. The summed E-state index contributed by atoms with van der Waals surface area (Å²) in [5, 5.41) is 11.6. The Kier molecular flexibility index (Phi) is 4.90. The number of anilines is 2. The topological polar surface area (TPSA) is 52.6 Å². The molecule has 2 rings (SSSR count). The first kappa shape index (κ1) is 15.0. The SMILES string of the molecule is CN(CCO)c1ccc(NC(=O)c2ccc(F)cc2)cc1. The first-order valence-electron chi connectivity index (χ1n) is 6.59. The van der Waals surface area contributed by atoms with Gasteiger partial charge >= 0.3 is 0 Å². The van der Waals surface area contributed by atoms with E-state index in [2.05, 4.69) is 5.32 Å². The van der Waals surface area contributed by atoms with Crippen molar-refractivity contribution in [3.8, 4) is 0 Å². The molecule has 4 nitrogen and oxygen atoms in total. The number of hydrogen-bond donors (Lipinski definition) is 2. The van der Waals surface area contributed by atoms with Gasteiger partial charge in [0, 0.05) is 30.5 Å². The predicted molar refractivity (Wildman–Crippen MR) is 81.2 cm³/mol. The van der Waals surface area contributed by atoms with E-state index in [1.807, 2.05) is 24.1 Å². The van der Waals surface area contributed by atoms with E-state index in [1.54, 1.807) is 12.1 Å². The molecule has 1 amide bonds. The van der Waals surface area contributed by atoms with Crippen molar-refractivity contribution in [2.75, 3.05) is 30.4 Å². The Morgan fingerprint density at radius 1 is 1.14 bits per heavy atom. The fourth-order valence-corrected chi connectivity index (χ4v) is 1.88. The lowest BCUT2D eigenvalue weighted by molar-refractivity contribution is 0.102. The van der Waals surface area contributed by atoms with Crippen molar-refractivity contribution in [2.24, 2.45) is 0 Å². The maximum atomic E-state index is 12.8. The molecule has 0 aliphatic carbocycles. The number of benzene rings is 2. The van der Waals surface area contributed by atoms with Crippen molar-refractivity contribution in [1.82, 2.24) is 0 Å². The lowest BCUT2D eigenvalue weighted by Crippen LogP contribution is -2.21. The van der Waals surface area contributed by atoms with Crippen LogP contribution >= 0.6 is 0 Å². The Balaban J connectivity index is 2.03. The summed E-state index contributed by atoms with van der Waals surface area (Å²) in [6.07, 6.45) is 0. The highest BCUT2D eigenvalue weighted by molar-refractivity contribution is 6.04. The Labute approximate surface area is 122 Å². The number of rotatable bonds is 5. The summed E-state index contributed by atoms with van der Waals surface area (Å²) in [7, 11) is 1.88. The van der Waals surface area contributed by atoms with Crippen LogP contribution in [-0.2, 0) is 0 Å². The largest absolute Gasteiger partial charge is 0.395 e. The number of amides is 1. The molecule has 0 aliphatic rings.